The molecular formula is C11H18O. The standard InChI is InChI=1S/C11H18O/c1-3-6-9-7-5-8-10(9)11(12)4-2/h7,10H,3-6,8H2,1-2H3/t10-/m0/s1. The summed E-state index contributed by atoms with van der Waals surface area (Å²) in [6.07, 6.45) is 7.44. The molecule has 0 aliphatic heterocycles. The van der Waals surface area contributed by atoms with Crippen molar-refractivity contribution in [2.75, 3.05) is 0 Å². The Kier molecular flexibility index (Phi) is 3.51. The summed E-state index contributed by atoms with van der Waals surface area (Å²) < 4.78 is 0. The van der Waals surface area contributed by atoms with Gasteiger partial charge in [-0.05, 0) is 19.3 Å². The molecule has 0 heterocycles. The van der Waals surface area contributed by atoms with Crippen molar-refractivity contribution in [2.45, 2.75) is 46.0 Å². The molecule has 0 saturated heterocycles. The highest BCUT2D eigenvalue weighted by atomic mass is 16.1. The molecule has 1 rings (SSSR count). The molecule has 1 aliphatic carbocycles. The lowest BCUT2D eigenvalue weighted by molar-refractivity contribution is -0.121. The van der Waals surface area contributed by atoms with E-state index < -0.39 is 0 Å². The summed E-state index contributed by atoms with van der Waals surface area (Å²) in [7, 11) is 0. The van der Waals surface area contributed by atoms with Gasteiger partial charge in [0.15, 0.2) is 0 Å². The lowest BCUT2D eigenvalue weighted by Gasteiger charge is -2.11. The zero-order chi connectivity index (χ0) is 8.97. The first-order valence-corrected chi connectivity index (χ1v) is 5.01. The third kappa shape index (κ3) is 1.96. The van der Waals surface area contributed by atoms with Crippen LogP contribution in [-0.2, 0) is 4.79 Å². The first-order chi connectivity index (χ1) is 5.79. The van der Waals surface area contributed by atoms with Crippen LogP contribution < -0.4 is 0 Å². The first kappa shape index (κ1) is 9.50. The Morgan fingerprint density at radius 1 is 1.58 bits per heavy atom. The van der Waals surface area contributed by atoms with Gasteiger partial charge in [0.2, 0.25) is 0 Å². The predicted octanol–water partition coefficient (Wildman–Crippen LogP) is 3.10. The van der Waals surface area contributed by atoms with Crippen LogP contribution in [0.4, 0.5) is 0 Å². The van der Waals surface area contributed by atoms with E-state index in [1.54, 1.807) is 0 Å². The summed E-state index contributed by atoms with van der Waals surface area (Å²) in [6, 6.07) is 0. The molecule has 0 saturated carbocycles. The van der Waals surface area contributed by atoms with Gasteiger partial charge in [-0.1, -0.05) is 31.9 Å². The normalized spacial score (nSPS) is 22.5. The minimum atomic E-state index is 0.287. The molecule has 0 spiro atoms. The number of hydrogen-bond acceptors (Lipinski definition) is 1. The minimum absolute atomic E-state index is 0.287. The van der Waals surface area contributed by atoms with Crippen molar-refractivity contribution in [3.05, 3.63) is 11.6 Å². The Labute approximate surface area is 74.9 Å². The molecule has 1 aliphatic rings. The van der Waals surface area contributed by atoms with Crippen LogP contribution in [0.2, 0.25) is 0 Å². The Hall–Kier alpha value is -0.590. The van der Waals surface area contributed by atoms with Crippen LogP contribution in [0.15, 0.2) is 11.6 Å². The second-order valence-electron chi connectivity index (χ2n) is 3.48. The van der Waals surface area contributed by atoms with Crippen molar-refractivity contribution in [2.24, 2.45) is 5.92 Å². The number of carbonyl (C=O) groups is 1. The fourth-order valence-electron chi connectivity index (χ4n) is 1.94. The van der Waals surface area contributed by atoms with E-state index in [0.717, 1.165) is 19.3 Å². The van der Waals surface area contributed by atoms with Gasteiger partial charge in [0.05, 0.1) is 0 Å². The number of ketones is 1. The summed E-state index contributed by atoms with van der Waals surface area (Å²) in [4.78, 5) is 11.5. The van der Waals surface area contributed by atoms with E-state index in [4.69, 9.17) is 0 Å². The Bertz CT molecular complexity index is 191. The molecule has 0 amide bonds. The number of hydrogen-bond donors (Lipinski definition) is 0. The van der Waals surface area contributed by atoms with Crippen molar-refractivity contribution in [3.8, 4) is 0 Å². The molecule has 0 unspecified atom stereocenters. The molecule has 0 fully saturated rings. The fourth-order valence-corrected chi connectivity index (χ4v) is 1.94. The molecule has 0 bridgehead atoms. The monoisotopic (exact) mass is 166 g/mol. The van der Waals surface area contributed by atoms with Gasteiger partial charge in [-0.3, -0.25) is 4.79 Å². The van der Waals surface area contributed by atoms with Gasteiger partial charge in [-0.2, -0.15) is 0 Å². The summed E-state index contributed by atoms with van der Waals surface area (Å²) in [5.41, 5.74) is 1.41. The molecule has 1 nitrogen and oxygen atoms in total. The highest BCUT2D eigenvalue weighted by Gasteiger charge is 2.23. The van der Waals surface area contributed by atoms with E-state index in [9.17, 15) is 4.79 Å². The SMILES string of the molecule is CCCC1=CCC[C@@H]1C(=O)CC. The maximum absolute atomic E-state index is 11.5. The van der Waals surface area contributed by atoms with Crippen molar-refractivity contribution in [3.63, 3.8) is 0 Å². The van der Waals surface area contributed by atoms with Gasteiger partial charge >= 0.3 is 0 Å². The number of rotatable bonds is 4. The van der Waals surface area contributed by atoms with Crippen molar-refractivity contribution in [1.29, 1.82) is 0 Å². The molecule has 12 heavy (non-hydrogen) atoms. The van der Waals surface area contributed by atoms with Gasteiger partial charge in [0.25, 0.3) is 0 Å². The topological polar surface area (TPSA) is 17.1 Å². The maximum Gasteiger partial charge on any atom is 0.139 e. The molecule has 1 atom stereocenters. The summed E-state index contributed by atoms with van der Waals surface area (Å²) in [5, 5.41) is 0. The third-order valence-corrected chi connectivity index (χ3v) is 2.59. The second kappa shape index (κ2) is 4.44. The minimum Gasteiger partial charge on any atom is -0.299 e. The van der Waals surface area contributed by atoms with E-state index in [2.05, 4.69) is 13.0 Å². The molecule has 1 heteroatoms. The van der Waals surface area contributed by atoms with Crippen LogP contribution in [0, 0.1) is 5.92 Å². The highest BCUT2D eigenvalue weighted by molar-refractivity contribution is 5.83. The first-order valence-electron chi connectivity index (χ1n) is 5.01. The van der Waals surface area contributed by atoms with Crippen molar-refractivity contribution < 1.29 is 4.79 Å². The Morgan fingerprint density at radius 2 is 2.33 bits per heavy atom. The van der Waals surface area contributed by atoms with Crippen LogP contribution in [0.25, 0.3) is 0 Å². The smallest absolute Gasteiger partial charge is 0.139 e. The zero-order valence-electron chi connectivity index (χ0n) is 8.10. The average Bonchev–Trinajstić information content (AvgIpc) is 2.52. The Morgan fingerprint density at radius 3 is 2.92 bits per heavy atom. The van der Waals surface area contributed by atoms with Crippen molar-refractivity contribution in [1.82, 2.24) is 0 Å². The van der Waals surface area contributed by atoms with Crippen LogP contribution >= 0.6 is 0 Å². The predicted molar refractivity (Wildman–Crippen MR) is 51.0 cm³/mol. The van der Waals surface area contributed by atoms with Gasteiger partial charge in [-0.15, -0.1) is 0 Å². The van der Waals surface area contributed by atoms with E-state index in [0.29, 0.717) is 12.2 Å². The summed E-state index contributed by atoms with van der Waals surface area (Å²) in [5.74, 6) is 0.724. The van der Waals surface area contributed by atoms with Gasteiger partial charge in [0.1, 0.15) is 5.78 Å². The highest BCUT2D eigenvalue weighted by Crippen LogP contribution is 2.30. The molecule has 0 aromatic heterocycles. The van der Waals surface area contributed by atoms with Crippen LogP contribution in [0.5, 0.6) is 0 Å². The molecule has 0 aromatic rings. The second-order valence-corrected chi connectivity index (χ2v) is 3.48. The van der Waals surface area contributed by atoms with E-state index >= 15 is 0 Å². The van der Waals surface area contributed by atoms with E-state index in [1.165, 1.54) is 12.0 Å². The Balaban J connectivity index is 2.55. The summed E-state index contributed by atoms with van der Waals surface area (Å²) >= 11 is 0. The molecule has 0 aromatic carbocycles. The number of Topliss-reactive ketones (excluding diaryl/α,β-unsaturated/α-hetero) is 1. The molecule has 0 radical (unpaired) electrons. The quantitative estimate of drug-likeness (QED) is 0.586. The zero-order valence-corrected chi connectivity index (χ0v) is 8.10. The lowest BCUT2D eigenvalue weighted by Crippen LogP contribution is -2.12. The van der Waals surface area contributed by atoms with E-state index in [-0.39, 0.29) is 5.92 Å². The van der Waals surface area contributed by atoms with Crippen LogP contribution in [0.1, 0.15) is 46.0 Å². The van der Waals surface area contributed by atoms with Crippen LogP contribution in [0.3, 0.4) is 0 Å². The number of allylic oxidation sites excluding steroid dienone is 2. The van der Waals surface area contributed by atoms with Gasteiger partial charge in [0, 0.05) is 12.3 Å². The lowest BCUT2D eigenvalue weighted by atomic mass is 9.92. The van der Waals surface area contributed by atoms with Gasteiger partial charge in [-0.25, -0.2) is 0 Å². The molecular weight excluding hydrogens is 148 g/mol. The van der Waals surface area contributed by atoms with E-state index in [1.807, 2.05) is 6.92 Å². The third-order valence-electron chi connectivity index (χ3n) is 2.59. The molecule has 0 N–H and O–H groups in total. The van der Waals surface area contributed by atoms with Crippen LogP contribution in [-0.4, -0.2) is 5.78 Å². The number of carbonyl (C=O) groups excluding carboxylic acids is 1. The largest absolute Gasteiger partial charge is 0.299 e. The van der Waals surface area contributed by atoms with Gasteiger partial charge < -0.3 is 0 Å². The fraction of sp³-hybridized carbons (Fsp3) is 0.727. The summed E-state index contributed by atoms with van der Waals surface area (Å²) in [6.45, 7) is 4.14. The molecule has 68 valence electrons. The average molecular weight is 166 g/mol. The maximum atomic E-state index is 11.5. The van der Waals surface area contributed by atoms with Crippen molar-refractivity contribution >= 4 is 5.78 Å².